The number of hydrogen-bond acceptors (Lipinski definition) is 2. The van der Waals surface area contributed by atoms with Gasteiger partial charge in [0.2, 0.25) is 0 Å². The summed E-state index contributed by atoms with van der Waals surface area (Å²) in [7, 11) is 0. The Morgan fingerprint density at radius 2 is 2.00 bits per heavy atom. The van der Waals surface area contributed by atoms with Gasteiger partial charge in [-0.1, -0.05) is 39.0 Å². The molecular formula is C19H27NO. The Hall–Kier alpha value is -1.28. The SMILES string of the molecule is CCCNC(c1c(CC)oc2ccccc12)C(C)C1CC1. The van der Waals surface area contributed by atoms with Crippen molar-refractivity contribution in [3.05, 3.63) is 35.6 Å². The molecule has 1 fully saturated rings. The van der Waals surface area contributed by atoms with E-state index in [4.69, 9.17) is 4.42 Å². The van der Waals surface area contributed by atoms with Crippen molar-refractivity contribution in [3.63, 3.8) is 0 Å². The van der Waals surface area contributed by atoms with Gasteiger partial charge in [0.1, 0.15) is 11.3 Å². The molecule has 1 aromatic heterocycles. The number of aryl methyl sites for hydroxylation is 1. The molecule has 1 N–H and O–H groups in total. The maximum atomic E-state index is 6.12. The first-order valence-electron chi connectivity index (χ1n) is 8.49. The maximum Gasteiger partial charge on any atom is 0.134 e. The van der Waals surface area contributed by atoms with Gasteiger partial charge in [0.25, 0.3) is 0 Å². The molecule has 2 heteroatoms. The third-order valence-corrected chi connectivity index (χ3v) is 4.85. The Balaban J connectivity index is 2.03. The average Bonchev–Trinajstić information content (AvgIpc) is 3.29. The van der Waals surface area contributed by atoms with Crippen LogP contribution in [0.5, 0.6) is 0 Å². The maximum absolute atomic E-state index is 6.12. The number of rotatable bonds is 7. The molecule has 2 nitrogen and oxygen atoms in total. The normalized spacial score (nSPS) is 18.0. The molecule has 2 atom stereocenters. The quantitative estimate of drug-likeness (QED) is 0.767. The smallest absolute Gasteiger partial charge is 0.134 e. The van der Waals surface area contributed by atoms with Crippen LogP contribution in [0.4, 0.5) is 0 Å². The van der Waals surface area contributed by atoms with Crippen LogP contribution in [0.2, 0.25) is 0 Å². The molecule has 1 aromatic carbocycles. The standard InChI is InChI=1S/C19H27NO/c1-4-12-20-19(13(3)14-10-11-14)18-15-8-6-7-9-17(15)21-16(18)5-2/h6-9,13-14,19-20H,4-5,10-12H2,1-3H3. The van der Waals surface area contributed by atoms with Gasteiger partial charge in [-0.2, -0.15) is 0 Å². The number of hydrogen-bond donors (Lipinski definition) is 1. The topological polar surface area (TPSA) is 25.2 Å². The van der Waals surface area contributed by atoms with E-state index in [-0.39, 0.29) is 0 Å². The Bertz CT molecular complexity index is 597. The van der Waals surface area contributed by atoms with Gasteiger partial charge >= 0.3 is 0 Å². The highest BCUT2D eigenvalue weighted by Gasteiger charge is 2.36. The van der Waals surface area contributed by atoms with Crippen molar-refractivity contribution in [2.75, 3.05) is 6.54 Å². The zero-order valence-electron chi connectivity index (χ0n) is 13.5. The molecule has 0 spiro atoms. The fourth-order valence-corrected chi connectivity index (χ4v) is 3.46. The van der Waals surface area contributed by atoms with Gasteiger partial charge in [0.05, 0.1) is 0 Å². The lowest BCUT2D eigenvalue weighted by Gasteiger charge is -2.26. The molecule has 1 aliphatic carbocycles. The summed E-state index contributed by atoms with van der Waals surface area (Å²) in [6.07, 6.45) is 4.92. The van der Waals surface area contributed by atoms with Crippen LogP contribution in [0.1, 0.15) is 57.4 Å². The van der Waals surface area contributed by atoms with Gasteiger partial charge in [0, 0.05) is 23.4 Å². The minimum absolute atomic E-state index is 0.427. The van der Waals surface area contributed by atoms with Crippen LogP contribution in [-0.4, -0.2) is 6.54 Å². The second kappa shape index (κ2) is 6.23. The summed E-state index contributed by atoms with van der Waals surface area (Å²) in [5, 5.41) is 5.10. The molecule has 3 rings (SSSR count). The number of nitrogens with one attached hydrogen (secondary N) is 1. The molecule has 0 radical (unpaired) electrons. The predicted molar refractivity (Wildman–Crippen MR) is 88.5 cm³/mol. The van der Waals surface area contributed by atoms with E-state index in [0.717, 1.165) is 30.2 Å². The highest BCUT2D eigenvalue weighted by atomic mass is 16.3. The molecule has 0 aliphatic heterocycles. The zero-order valence-corrected chi connectivity index (χ0v) is 13.5. The lowest BCUT2D eigenvalue weighted by atomic mass is 9.88. The van der Waals surface area contributed by atoms with Gasteiger partial charge in [-0.25, -0.2) is 0 Å². The predicted octanol–water partition coefficient (Wildman–Crippen LogP) is 5.08. The summed E-state index contributed by atoms with van der Waals surface area (Å²) >= 11 is 0. The van der Waals surface area contributed by atoms with Crippen LogP contribution in [0.15, 0.2) is 28.7 Å². The third-order valence-electron chi connectivity index (χ3n) is 4.85. The molecule has 2 unspecified atom stereocenters. The molecule has 21 heavy (non-hydrogen) atoms. The minimum Gasteiger partial charge on any atom is -0.461 e. The van der Waals surface area contributed by atoms with E-state index in [9.17, 15) is 0 Å². The number of fused-ring (bicyclic) bond motifs is 1. The monoisotopic (exact) mass is 285 g/mol. The zero-order chi connectivity index (χ0) is 14.8. The Kier molecular flexibility index (Phi) is 4.34. The van der Waals surface area contributed by atoms with E-state index < -0.39 is 0 Å². The molecule has 0 amide bonds. The third kappa shape index (κ3) is 2.87. The van der Waals surface area contributed by atoms with Gasteiger partial charge < -0.3 is 9.73 Å². The fourth-order valence-electron chi connectivity index (χ4n) is 3.46. The first-order valence-corrected chi connectivity index (χ1v) is 8.49. The van der Waals surface area contributed by atoms with E-state index in [1.165, 1.54) is 30.2 Å². The fraction of sp³-hybridized carbons (Fsp3) is 0.579. The van der Waals surface area contributed by atoms with Gasteiger partial charge in [-0.05, 0) is 43.7 Å². The second-order valence-electron chi connectivity index (χ2n) is 6.42. The molecule has 114 valence electrons. The summed E-state index contributed by atoms with van der Waals surface area (Å²) in [5.74, 6) is 2.73. The molecule has 2 aromatic rings. The second-order valence-corrected chi connectivity index (χ2v) is 6.42. The number of benzene rings is 1. The lowest BCUT2D eigenvalue weighted by Crippen LogP contribution is -2.29. The Morgan fingerprint density at radius 3 is 2.67 bits per heavy atom. The Morgan fingerprint density at radius 1 is 1.24 bits per heavy atom. The van der Waals surface area contributed by atoms with E-state index in [2.05, 4.69) is 50.4 Å². The summed E-state index contributed by atoms with van der Waals surface area (Å²) in [5.41, 5.74) is 2.46. The molecular weight excluding hydrogens is 258 g/mol. The summed E-state index contributed by atoms with van der Waals surface area (Å²) in [6.45, 7) is 7.91. The van der Waals surface area contributed by atoms with Gasteiger partial charge in [0.15, 0.2) is 0 Å². The molecule has 1 heterocycles. The summed E-state index contributed by atoms with van der Waals surface area (Å²) < 4.78 is 6.12. The lowest BCUT2D eigenvalue weighted by molar-refractivity contribution is 0.345. The first kappa shape index (κ1) is 14.6. The van der Waals surface area contributed by atoms with Gasteiger partial charge in [-0.15, -0.1) is 0 Å². The van der Waals surface area contributed by atoms with E-state index in [1.54, 1.807) is 0 Å². The largest absolute Gasteiger partial charge is 0.461 e. The highest BCUT2D eigenvalue weighted by molar-refractivity contribution is 5.82. The van der Waals surface area contributed by atoms with Crippen LogP contribution in [0.25, 0.3) is 11.0 Å². The van der Waals surface area contributed by atoms with Crippen LogP contribution >= 0.6 is 0 Å². The first-order chi connectivity index (χ1) is 10.3. The van der Waals surface area contributed by atoms with E-state index >= 15 is 0 Å². The molecule has 1 aliphatic rings. The van der Waals surface area contributed by atoms with Crippen molar-refractivity contribution >= 4 is 11.0 Å². The van der Waals surface area contributed by atoms with E-state index in [1.807, 2.05) is 0 Å². The highest BCUT2D eigenvalue weighted by Crippen LogP contribution is 2.45. The van der Waals surface area contributed by atoms with E-state index in [0.29, 0.717) is 12.0 Å². The Labute approximate surface area is 127 Å². The summed E-state index contributed by atoms with van der Waals surface area (Å²) in [4.78, 5) is 0. The number of para-hydroxylation sites is 1. The minimum atomic E-state index is 0.427. The van der Waals surface area contributed by atoms with Crippen molar-refractivity contribution in [2.24, 2.45) is 11.8 Å². The van der Waals surface area contributed by atoms with Crippen molar-refractivity contribution in [3.8, 4) is 0 Å². The van der Waals surface area contributed by atoms with Crippen molar-refractivity contribution < 1.29 is 4.42 Å². The molecule has 1 saturated carbocycles. The van der Waals surface area contributed by atoms with Crippen molar-refractivity contribution in [1.82, 2.24) is 5.32 Å². The average molecular weight is 285 g/mol. The van der Waals surface area contributed by atoms with Crippen LogP contribution in [0, 0.1) is 11.8 Å². The van der Waals surface area contributed by atoms with Crippen LogP contribution in [-0.2, 0) is 6.42 Å². The number of furan rings is 1. The van der Waals surface area contributed by atoms with Crippen LogP contribution in [0.3, 0.4) is 0 Å². The van der Waals surface area contributed by atoms with Crippen LogP contribution < -0.4 is 5.32 Å². The van der Waals surface area contributed by atoms with Crippen molar-refractivity contribution in [2.45, 2.75) is 52.5 Å². The van der Waals surface area contributed by atoms with Crippen molar-refractivity contribution in [1.29, 1.82) is 0 Å². The molecule has 0 saturated heterocycles. The summed E-state index contributed by atoms with van der Waals surface area (Å²) in [6, 6.07) is 8.92. The molecule has 0 bridgehead atoms. The van der Waals surface area contributed by atoms with Gasteiger partial charge in [-0.3, -0.25) is 0 Å².